The van der Waals surface area contributed by atoms with Crippen molar-refractivity contribution in [2.45, 2.75) is 0 Å². The Morgan fingerprint density at radius 1 is 1.00 bits per heavy atom. The minimum atomic E-state index is 0.572. The van der Waals surface area contributed by atoms with E-state index in [1.165, 1.54) is 11.3 Å². The van der Waals surface area contributed by atoms with Gasteiger partial charge >= 0.3 is 0 Å². The summed E-state index contributed by atoms with van der Waals surface area (Å²) in [5.41, 5.74) is 15.5. The van der Waals surface area contributed by atoms with Crippen LogP contribution in [-0.2, 0) is 0 Å². The maximum atomic E-state index is 5.91. The number of thiazole rings is 1. The summed E-state index contributed by atoms with van der Waals surface area (Å²) in [6.07, 6.45) is 0. The molecule has 0 saturated carbocycles. The normalized spacial score (nSPS) is 10.8. The van der Waals surface area contributed by atoms with Gasteiger partial charge in [0, 0.05) is 11.3 Å². The average Bonchev–Trinajstić information content (AvgIpc) is 2.69. The molecule has 1 aromatic heterocycles. The molecule has 0 aliphatic carbocycles. The lowest BCUT2D eigenvalue weighted by atomic mass is 10.0. The number of aromatic nitrogens is 1. The summed E-state index contributed by atoms with van der Waals surface area (Å²) < 4.78 is 1.03. The van der Waals surface area contributed by atoms with Gasteiger partial charge < -0.3 is 11.5 Å². The maximum Gasteiger partial charge on any atom is 0.181 e. The third-order valence-electron chi connectivity index (χ3n) is 2.62. The first-order valence-electron chi connectivity index (χ1n) is 5.25. The van der Waals surface area contributed by atoms with E-state index < -0.39 is 0 Å². The Bertz CT molecular complexity index is 674. The smallest absolute Gasteiger partial charge is 0.181 e. The quantitative estimate of drug-likeness (QED) is 0.643. The number of nitrogen functional groups attached to an aromatic ring is 2. The predicted octanol–water partition coefficient (Wildman–Crippen LogP) is 3.13. The molecule has 1 heterocycles. The molecule has 0 atom stereocenters. The van der Waals surface area contributed by atoms with E-state index in [0.717, 1.165) is 27.0 Å². The van der Waals surface area contributed by atoms with Crippen molar-refractivity contribution in [3.8, 4) is 11.1 Å². The van der Waals surface area contributed by atoms with Crippen LogP contribution in [0.15, 0.2) is 42.5 Å². The van der Waals surface area contributed by atoms with Crippen LogP contribution in [0, 0.1) is 0 Å². The summed E-state index contributed by atoms with van der Waals surface area (Å²) in [5.74, 6) is 0. The zero-order chi connectivity index (χ0) is 11.8. The van der Waals surface area contributed by atoms with Crippen molar-refractivity contribution < 1.29 is 0 Å². The Labute approximate surface area is 103 Å². The molecule has 0 spiro atoms. The van der Waals surface area contributed by atoms with E-state index >= 15 is 0 Å². The van der Waals surface area contributed by atoms with Gasteiger partial charge in [-0.05, 0) is 17.7 Å². The maximum absolute atomic E-state index is 5.91. The Kier molecular flexibility index (Phi) is 2.23. The topological polar surface area (TPSA) is 64.9 Å². The molecule has 0 bridgehead atoms. The van der Waals surface area contributed by atoms with Crippen molar-refractivity contribution in [1.82, 2.24) is 4.98 Å². The van der Waals surface area contributed by atoms with Gasteiger partial charge in [-0.25, -0.2) is 4.98 Å². The molecule has 4 heteroatoms. The number of rotatable bonds is 1. The molecule has 3 aromatic rings. The second-order valence-electron chi connectivity index (χ2n) is 3.83. The van der Waals surface area contributed by atoms with Crippen LogP contribution in [0.3, 0.4) is 0 Å². The second-order valence-corrected chi connectivity index (χ2v) is 4.90. The highest BCUT2D eigenvalue weighted by Gasteiger charge is 2.09. The standard InChI is InChI=1S/C13H11N3S/c14-9-6-10(8-4-2-1-3-5-8)12-11(7-9)17-13(15)16-12/h1-7H,14H2,(H2,15,16). The second kappa shape index (κ2) is 3.75. The lowest BCUT2D eigenvalue weighted by Gasteiger charge is -2.04. The van der Waals surface area contributed by atoms with Crippen LogP contribution < -0.4 is 11.5 Å². The van der Waals surface area contributed by atoms with Gasteiger partial charge in [-0.15, -0.1) is 0 Å². The Morgan fingerprint density at radius 3 is 2.53 bits per heavy atom. The van der Waals surface area contributed by atoms with E-state index in [1.807, 2.05) is 42.5 Å². The van der Waals surface area contributed by atoms with Gasteiger partial charge in [-0.3, -0.25) is 0 Å². The molecule has 0 aliphatic rings. The number of hydrogen-bond donors (Lipinski definition) is 2. The van der Waals surface area contributed by atoms with Crippen LogP contribution in [0.5, 0.6) is 0 Å². The largest absolute Gasteiger partial charge is 0.399 e. The monoisotopic (exact) mass is 241 g/mol. The van der Waals surface area contributed by atoms with Gasteiger partial charge in [0.15, 0.2) is 5.13 Å². The molecule has 0 fully saturated rings. The number of nitrogens with zero attached hydrogens (tertiary/aromatic N) is 1. The van der Waals surface area contributed by atoms with Gasteiger partial charge in [0.2, 0.25) is 0 Å². The molecule has 0 unspecified atom stereocenters. The van der Waals surface area contributed by atoms with Gasteiger partial charge in [-0.1, -0.05) is 41.7 Å². The molecule has 17 heavy (non-hydrogen) atoms. The lowest BCUT2D eigenvalue weighted by molar-refractivity contribution is 1.49. The third kappa shape index (κ3) is 1.72. The fourth-order valence-electron chi connectivity index (χ4n) is 1.91. The fourth-order valence-corrected chi connectivity index (χ4v) is 2.72. The van der Waals surface area contributed by atoms with Gasteiger partial charge in [0.25, 0.3) is 0 Å². The van der Waals surface area contributed by atoms with Crippen molar-refractivity contribution in [1.29, 1.82) is 0 Å². The molecule has 3 rings (SSSR count). The highest BCUT2D eigenvalue weighted by atomic mass is 32.1. The van der Waals surface area contributed by atoms with Crippen molar-refractivity contribution >= 4 is 32.4 Å². The molecule has 0 aliphatic heterocycles. The Hall–Kier alpha value is -2.07. The summed E-state index contributed by atoms with van der Waals surface area (Å²) >= 11 is 1.46. The van der Waals surface area contributed by atoms with E-state index in [1.54, 1.807) is 0 Å². The van der Waals surface area contributed by atoms with Crippen LogP contribution in [0.25, 0.3) is 21.3 Å². The first-order valence-corrected chi connectivity index (χ1v) is 6.06. The minimum absolute atomic E-state index is 0.572. The Balaban J connectivity index is 2.35. The van der Waals surface area contributed by atoms with Crippen molar-refractivity contribution in [3.05, 3.63) is 42.5 Å². The Morgan fingerprint density at radius 2 is 1.76 bits per heavy atom. The molecule has 3 nitrogen and oxygen atoms in total. The van der Waals surface area contributed by atoms with Gasteiger partial charge in [-0.2, -0.15) is 0 Å². The van der Waals surface area contributed by atoms with Gasteiger partial charge in [0.1, 0.15) is 0 Å². The van der Waals surface area contributed by atoms with Crippen LogP contribution in [0.2, 0.25) is 0 Å². The molecular weight excluding hydrogens is 230 g/mol. The third-order valence-corrected chi connectivity index (χ3v) is 3.45. The summed E-state index contributed by atoms with van der Waals surface area (Å²) in [4.78, 5) is 4.37. The number of hydrogen-bond acceptors (Lipinski definition) is 4. The molecule has 0 radical (unpaired) electrons. The highest BCUT2D eigenvalue weighted by Crippen LogP contribution is 2.34. The van der Waals surface area contributed by atoms with Crippen LogP contribution in [0.4, 0.5) is 10.8 Å². The van der Waals surface area contributed by atoms with Gasteiger partial charge in [0.05, 0.1) is 10.2 Å². The number of benzene rings is 2. The molecule has 4 N–H and O–H groups in total. The number of fused-ring (bicyclic) bond motifs is 1. The van der Waals surface area contributed by atoms with E-state index in [9.17, 15) is 0 Å². The zero-order valence-corrected chi connectivity index (χ0v) is 9.87. The van der Waals surface area contributed by atoms with Crippen LogP contribution in [0.1, 0.15) is 0 Å². The predicted molar refractivity (Wildman–Crippen MR) is 73.9 cm³/mol. The first-order chi connectivity index (χ1) is 8.24. The number of nitrogens with two attached hydrogens (primary N) is 2. The molecular formula is C13H11N3S. The zero-order valence-electron chi connectivity index (χ0n) is 9.05. The van der Waals surface area contributed by atoms with Crippen molar-refractivity contribution in [2.24, 2.45) is 0 Å². The SMILES string of the molecule is Nc1cc(-c2ccccc2)c2nc(N)sc2c1. The lowest BCUT2D eigenvalue weighted by Crippen LogP contribution is -1.87. The van der Waals surface area contributed by atoms with E-state index in [0.29, 0.717) is 5.13 Å². The van der Waals surface area contributed by atoms with E-state index in [2.05, 4.69) is 4.98 Å². The van der Waals surface area contributed by atoms with Crippen molar-refractivity contribution in [2.75, 3.05) is 11.5 Å². The highest BCUT2D eigenvalue weighted by molar-refractivity contribution is 7.22. The average molecular weight is 241 g/mol. The first kappa shape index (κ1) is 10.1. The summed E-state index contributed by atoms with van der Waals surface area (Å²) in [6, 6.07) is 13.9. The number of anilines is 2. The van der Waals surface area contributed by atoms with E-state index in [4.69, 9.17) is 11.5 Å². The van der Waals surface area contributed by atoms with Crippen molar-refractivity contribution in [3.63, 3.8) is 0 Å². The summed E-state index contributed by atoms with van der Waals surface area (Å²) in [5, 5.41) is 0.572. The molecule has 0 amide bonds. The van der Waals surface area contributed by atoms with E-state index in [-0.39, 0.29) is 0 Å². The van der Waals surface area contributed by atoms with Crippen LogP contribution in [-0.4, -0.2) is 4.98 Å². The summed E-state index contributed by atoms with van der Waals surface area (Å²) in [7, 11) is 0. The summed E-state index contributed by atoms with van der Waals surface area (Å²) in [6.45, 7) is 0. The van der Waals surface area contributed by atoms with Crippen LogP contribution >= 0.6 is 11.3 Å². The molecule has 2 aromatic carbocycles. The fraction of sp³-hybridized carbons (Fsp3) is 0. The molecule has 84 valence electrons. The molecule has 0 saturated heterocycles. The minimum Gasteiger partial charge on any atom is -0.399 e.